The van der Waals surface area contributed by atoms with Crippen LogP contribution in [0.25, 0.3) is 0 Å². The highest BCUT2D eigenvalue weighted by atomic mass is 79.9. The molecule has 0 saturated heterocycles. The molecule has 0 fully saturated rings. The highest BCUT2D eigenvalue weighted by molar-refractivity contribution is 9.10. The molecular weight excluding hydrogens is 246 g/mol. The minimum absolute atomic E-state index is 0.125. The van der Waals surface area contributed by atoms with Crippen molar-refractivity contribution >= 4 is 21.6 Å². The fourth-order valence-corrected chi connectivity index (χ4v) is 1.30. The molecule has 3 N–H and O–H groups in total. The summed E-state index contributed by atoms with van der Waals surface area (Å²) in [5.41, 5.74) is 6.34. The van der Waals surface area contributed by atoms with Crippen molar-refractivity contribution in [3.63, 3.8) is 0 Å². The summed E-state index contributed by atoms with van der Waals surface area (Å²) < 4.78 is 6.25. The van der Waals surface area contributed by atoms with E-state index in [0.717, 1.165) is 4.47 Å². The normalized spacial score (nSPS) is 12.5. The lowest BCUT2D eigenvalue weighted by Crippen LogP contribution is -2.12. The Hall–Kier alpha value is -0.740. The van der Waals surface area contributed by atoms with E-state index in [9.17, 15) is 0 Å². The Morgan fingerprint density at radius 1 is 1.57 bits per heavy atom. The summed E-state index contributed by atoms with van der Waals surface area (Å²) in [7, 11) is 0. The maximum Gasteiger partial charge on any atom is 0.135 e. The zero-order valence-corrected chi connectivity index (χ0v) is 9.62. The highest BCUT2D eigenvalue weighted by Crippen LogP contribution is 2.30. The minimum Gasteiger partial charge on any atom is -0.492 e. The molecule has 0 aromatic heterocycles. The van der Waals surface area contributed by atoms with Gasteiger partial charge in [0.25, 0.3) is 0 Å². The molecule has 0 aliphatic carbocycles. The van der Waals surface area contributed by atoms with Crippen LogP contribution in [-0.2, 0) is 0 Å². The maximum atomic E-state index is 8.82. The monoisotopic (exact) mass is 259 g/mol. The third kappa shape index (κ3) is 2.89. The molecule has 0 spiro atoms. The van der Waals surface area contributed by atoms with Crippen LogP contribution in [0, 0.1) is 5.92 Å². The van der Waals surface area contributed by atoms with Crippen molar-refractivity contribution in [2.45, 2.75) is 6.92 Å². The number of anilines is 1. The van der Waals surface area contributed by atoms with Crippen LogP contribution in [0.3, 0.4) is 0 Å². The number of hydrogen-bond acceptors (Lipinski definition) is 3. The van der Waals surface area contributed by atoms with Crippen molar-refractivity contribution in [3.8, 4) is 5.75 Å². The van der Waals surface area contributed by atoms with Gasteiger partial charge in [-0.2, -0.15) is 0 Å². The predicted molar refractivity (Wildman–Crippen MR) is 60.3 cm³/mol. The molecule has 0 saturated carbocycles. The van der Waals surface area contributed by atoms with Crippen molar-refractivity contribution in [2.75, 3.05) is 18.9 Å². The smallest absolute Gasteiger partial charge is 0.135 e. The largest absolute Gasteiger partial charge is 0.492 e. The molecule has 3 nitrogen and oxygen atoms in total. The number of hydrogen-bond donors (Lipinski definition) is 2. The third-order valence-electron chi connectivity index (χ3n) is 1.83. The van der Waals surface area contributed by atoms with Gasteiger partial charge in [0.2, 0.25) is 0 Å². The van der Waals surface area contributed by atoms with Gasteiger partial charge in [-0.3, -0.25) is 0 Å². The summed E-state index contributed by atoms with van der Waals surface area (Å²) in [6.45, 7) is 2.53. The van der Waals surface area contributed by atoms with Crippen LogP contribution in [0.2, 0.25) is 0 Å². The van der Waals surface area contributed by atoms with E-state index in [-0.39, 0.29) is 12.5 Å². The second kappa shape index (κ2) is 5.22. The van der Waals surface area contributed by atoms with Crippen molar-refractivity contribution in [1.29, 1.82) is 0 Å². The van der Waals surface area contributed by atoms with E-state index in [4.69, 9.17) is 15.6 Å². The van der Waals surface area contributed by atoms with E-state index in [2.05, 4.69) is 15.9 Å². The van der Waals surface area contributed by atoms with Gasteiger partial charge in [0, 0.05) is 18.2 Å². The van der Waals surface area contributed by atoms with Gasteiger partial charge in [-0.15, -0.1) is 0 Å². The van der Waals surface area contributed by atoms with Gasteiger partial charge in [-0.05, 0) is 28.1 Å². The Labute approximate surface area is 92.0 Å². The molecule has 0 bridgehead atoms. The zero-order valence-electron chi connectivity index (χ0n) is 8.03. The van der Waals surface area contributed by atoms with Gasteiger partial charge in [0.1, 0.15) is 5.75 Å². The number of benzene rings is 1. The topological polar surface area (TPSA) is 55.5 Å². The van der Waals surface area contributed by atoms with E-state index in [1.165, 1.54) is 0 Å². The summed E-state index contributed by atoms with van der Waals surface area (Å²) in [5, 5.41) is 8.82. The summed E-state index contributed by atoms with van der Waals surface area (Å²) in [4.78, 5) is 0. The molecule has 1 unspecified atom stereocenters. The molecule has 1 aromatic carbocycles. The minimum atomic E-state index is 0.125. The number of nitrogen functional groups attached to an aromatic ring is 1. The van der Waals surface area contributed by atoms with Gasteiger partial charge in [0.15, 0.2) is 0 Å². The third-order valence-corrected chi connectivity index (χ3v) is 2.68. The van der Waals surface area contributed by atoms with Crippen LogP contribution >= 0.6 is 15.9 Å². The lowest BCUT2D eigenvalue weighted by atomic mass is 10.2. The molecule has 14 heavy (non-hydrogen) atoms. The van der Waals surface area contributed by atoms with Crippen LogP contribution in [0.4, 0.5) is 5.69 Å². The summed E-state index contributed by atoms with van der Waals surface area (Å²) in [6.07, 6.45) is 0. The van der Waals surface area contributed by atoms with Crippen molar-refractivity contribution in [2.24, 2.45) is 5.92 Å². The first-order valence-electron chi connectivity index (χ1n) is 4.42. The number of ether oxygens (including phenoxy) is 1. The Bertz CT molecular complexity index is 304. The predicted octanol–water partition coefficient (Wildman–Crippen LogP) is 2.04. The molecule has 0 radical (unpaired) electrons. The van der Waals surface area contributed by atoms with Crippen molar-refractivity contribution < 1.29 is 9.84 Å². The molecule has 78 valence electrons. The van der Waals surface area contributed by atoms with Crippen molar-refractivity contribution in [1.82, 2.24) is 0 Å². The first-order chi connectivity index (χ1) is 6.65. The first-order valence-corrected chi connectivity index (χ1v) is 5.22. The van der Waals surface area contributed by atoms with Gasteiger partial charge >= 0.3 is 0 Å². The van der Waals surface area contributed by atoms with Crippen molar-refractivity contribution in [3.05, 3.63) is 22.7 Å². The van der Waals surface area contributed by atoms with E-state index in [1.807, 2.05) is 19.1 Å². The maximum absolute atomic E-state index is 8.82. The molecular formula is C10H14BrNO2. The lowest BCUT2D eigenvalue weighted by molar-refractivity contribution is 0.174. The quantitative estimate of drug-likeness (QED) is 0.814. The number of aliphatic hydroxyl groups is 1. The average Bonchev–Trinajstić information content (AvgIpc) is 2.20. The Balaban J connectivity index is 2.63. The second-order valence-corrected chi connectivity index (χ2v) is 4.05. The van der Waals surface area contributed by atoms with Gasteiger partial charge in [-0.1, -0.05) is 13.0 Å². The van der Waals surface area contributed by atoms with E-state index < -0.39 is 0 Å². The average molecular weight is 260 g/mol. The molecule has 1 atom stereocenters. The summed E-state index contributed by atoms with van der Waals surface area (Å²) in [5.74, 6) is 0.841. The number of nitrogens with two attached hydrogens (primary N) is 1. The van der Waals surface area contributed by atoms with Crippen LogP contribution in [0.5, 0.6) is 5.75 Å². The number of rotatable bonds is 4. The molecule has 1 rings (SSSR count). The molecule has 1 aromatic rings. The Kier molecular flexibility index (Phi) is 4.22. The molecule has 0 heterocycles. The van der Waals surface area contributed by atoms with Gasteiger partial charge in [0.05, 0.1) is 11.1 Å². The van der Waals surface area contributed by atoms with E-state index in [1.54, 1.807) is 6.07 Å². The standard InChI is InChI=1S/C10H14BrNO2/c1-7(5-13)6-14-9-4-2-3-8(12)10(9)11/h2-4,7,13H,5-6,12H2,1H3. The van der Waals surface area contributed by atoms with E-state index in [0.29, 0.717) is 18.0 Å². The molecule has 0 aliphatic heterocycles. The van der Waals surface area contributed by atoms with Crippen LogP contribution in [0.15, 0.2) is 22.7 Å². The lowest BCUT2D eigenvalue weighted by Gasteiger charge is -2.12. The molecule has 0 amide bonds. The fraction of sp³-hybridized carbons (Fsp3) is 0.400. The summed E-state index contributed by atoms with van der Waals surface area (Å²) >= 11 is 3.34. The summed E-state index contributed by atoms with van der Waals surface area (Å²) in [6, 6.07) is 5.47. The molecule has 0 aliphatic rings. The van der Waals surface area contributed by atoms with Crippen LogP contribution < -0.4 is 10.5 Å². The van der Waals surface area contributed by atoms with E-state index >= 15 is 0 Å². The second-order valence-electron chi connectivity index (χ2n) is 3.26. The van der Waals surface area contributed by atoms with Crippen LogP contribution in [-0.4, -0.2) is 18.3 Å². The number of halogens is 1. The Morgan fingerprint density at radius 3 is 2.93 bits per heavy atom. The first kappa shape index (κ1) is 11.3. The highest BCUT2D eigenvalue weighted by Gasteiger charge is 2.06. The molecule has 4 heteroatoms. The van der Waals surface area contributed by atoms with Gasteiger partial charge < -0.3 is 15.6 Å². The van der Waals surface area contributed by atoms with Gasteiger partial charge in [-0.25, -0.2) is 0 Å². The zero-order chi connectivity index (χ0) is 10.6. The Morgan fingerprint density at radius 2 is 2.29 bits per heavy atom. The fourth-order valence-electron chi connectivity index (χ4n) is 0.924. The van der Waals surface area contributed by atoms with Crippen LogP contribution in [0.1, 0.15) is 6.92 Å². The number of aliphatic hydroxyl groups excluding tert-OH is 1. The SMILES string of the molecule is CC(CO)COc1cccc(N)c1Br.